The number of nitrogens with zero attached hydrogens (tertiary/aromatic N) is 5. The van der Waals surface area contributed by atoms with Crippen molar-refractivity contribution in [1.82, 2.24) is 24.7 Å². The Bertz CT molecular complexity index is 1480. The lowest BCUT2D eigenvalue weighted by Gasteiger charge is -2.09. The Labute approximate surface area is 177 Å². The second-order valence-electron chi connectivity index (χ2n) is 6.35. The van der Waals surface area contributed by atoms with Gasteiger partial charge in [0.25, 0.3) is 0 Å². The molecule has 142 valence electrons. The zero-order valence-corrected chi connectivity index (χ0v) is 17.3. The average molecular weight is 469 g/mol. The van der Waals surface area contributed by atoms with Crippen LogP contribution in [0.4, 0.5) is 0 Å². The highest BCUT2D eigenvalue weighted by Crippen LogP contribution is 2.29. The molecule has 0 aliphatic rings. The number of pyridine rings is 2. The third kappa shape index (κ3) is 2.92. The van der Waals surface area contributed by atoms with Crippen LogP contribution in [-0.2, 0) is 0 Å². The number of aryl methyl sites for hydroxylation is 1. The van der Waals surface area contributed by atoms with Gasteiger partial charge in [-0.15, -0.1) is 0 Å². The van der Waals surface area contributed by atoms with Gasteiger partial charge >= 0.3 is 5.63 Å². The van der Waals surface area contributed by atoms with Crippen molar-refractivity contribution in [2.45, 2.75) is 6.92 Å². The van der Waals surface area contributed by atoms with E-state index in [0.29, 0.717) is 37.6 Å². The SMILES string of the molecule is Cc1c2cccnc2cc2c(=O)oc(-c3cc(Br)nn3-c3ncccc3Cl)nc12. The third-order valence-electron chi connectivity index (χ3n) is 4.59. The van der Waals surface area contributed by atoms with Gasteiger partial charge in [-0.2, -0.15) is 5.10 Å². The highest BCUT2D eigenvalue weighted by atomic mass is 79.9. The fourth-order valence-corrected chi connectivity index (χ4v) is 3.84. The van der Waals surface area contributed by atoms with Crippen LogP contribution < -0.4 is 5.63 Å². The maximum Gasteiger partial charge on any atom is 0.347 e. The van der Waals surface area contributed by atoms with Gasteiger partial charge in [-0.25, -0.2) is 19.4 Å². The minimum Gasteiger partial charge on any atom is -0.401 e. The van der Waals surface area contributed by atoms with Crippen LogP contribution in [-0.4, -0.2) is 24.7 Å². The van der Waals surface area contributed by atoms with Crippen molar-refractivity contribution in [2.24, 2.45) is 0 Å². The molecule has 0 bridgehead atoms. The standard InChI is InChI=1S/C20H11BrClN5O2/c1-10-11-4-2-6-23-14(11)8-12-17(10)25-19(29-20(12)28)15-9-16(21)26-27(15)18-13(22)5-3-7-24-18/h2-9H,1H3. The van der Waals surface area contributed by atoms with Crippen LogP contribution in [0.15, 0.2) is 62.6 Å². The summed E-state index contributed by atoms with van der Waals surface area (Å²) in [4.78, 5) is 26.0. The summed E-state index contributed by atoms with van der Waals surface area (Å²) >= 11 is 9.64. The van der Waals surface area contributed by atoms with Crippen molar-refractivity contribution in [3.8, 4) is 17.4 Å². The van der Waals surface area contributed by atoms with E-state index in [2.05, 4.69) is 36.0 Å². The molecule has 0 spiro atoms. The molecule has 1 aromatic carbocycles. The van der Waals surface area contributed by atoms with Gasteiger partial charge in [-0.1, -0.05) is 17.7 Å². The van der Waals surface area contributed by atoms with E-state index in [-0.39, 0.29) is 5.89 Å². The number of halogens is 2. The molecule has 0 atom stereocenters. The lowest BCUT2D eigenvalue weighted by Crippen LogP contribution is -2.08. The first kappa shape index (κ1) is 18.0. The molecule has 4 aromatic heterocycles. The minimum atomic E-state index is -0.503. The first-order chi connectivity index (χ1) is 14.0. The van der Waals surface area contributed by atoms with Gasteiger partial charge in [-0.3, -0.25) is 4.98 Å². The van der Waals surface area contributed by atoms with Crippen LogP contribution >= 0.6 is 27.5 Å². The fraction of sp³-hybridized carbons (Fsp3) is 0.0500. The van der Waals surface area contributed by atoms with Gasteiger partial charge in [-0.05, 0) is 52.7 Å². The minimum absolute atomic E-state index is 0.119. The molecular formula is C20H11BrClN5O2. The summed E-state index contributed by atoms with van der Waals surface area (Å²) in [5, 5.41) is 6.07. The molecule has 4 heterocycles. The predicted octanol–water partition coefficient (Wildman–Crippen LogP) is 4.71. The van der Waals surface area contributed by atoms with E-state index in [1.807, 2.05) is 19.1 Å². The lowest BCUT2D eigenvalue weighted by atomic mass is 10.1. The average Bonchev–Trinajstić information content (AvgIpc) is 3.11. The fourth-order valence-electron chi connectivity index (χ4n) is 3.26. The van der Waals surface area contributed by atoms with Gasteiger partial charge in [0.05, 0.1) is 21.4 Å². The molecule has 0 unspecified atom stereocenters. The number of hydrogen-bond donors (Lipinski definition) is 0. The normalized spacial score (nSPS) is 11.4. The maximum absolute atomic E-state index is 12.8. The topological polar surface area (TPSA) is 86.7 Å². The third-order valence-corrected chi connectivity index (χ3v) is 5.28. The first-order valence-electron chi connectivity index (χ1n) is 8.59. The summed E-state index contributed by atoms with van der Waals surface area (Å²) in [6, 6.07) is 10.6. The molecule has 0 fully saturated rings. The van der Waals surface area contributed by atoms with Crippen molar-refractivity contribution < 1.29 is 4.42 Å². The Morgan fingerprint density at radius 2 is 1.90 bits per heavy atom. The lowest BCUT2D eigenvalue weighted by molar-refractivity contribution is 0.513. The van der Waals surface area contributed by atoms with Crippen LogP contribution in [0.1, 0.15) is 5.56 Å². The molecule has 0 radical (unpaired) electrons. The Hall–Kier alpha value is -3.10. The quantitative estimate of drug-likeness (QED) is 0.349. The Morgan fingerprint density at radius 1 is 1.10 bits per heavy atom. The number of fused-ring (bicyclic) bond motifs is 2. The Morgan fingerprint density at radius 3 is 2.72 bits per heavy atom. The first-order valence-corrected chi connectivity index (χ1v) is 9.76. The molecule has 0 aliphatic carbocycles. The second-order valence-corrected chi connectivity index (χ2v) is 7.57. The summed E-state index contributed by atoms with van der Waals surface area (Å²) in [6.07, 6.45) is 3.29. The second kappa shape index (κ2) is 6.75. The number of hydrogen-bond acceptors (Lipinski definition) is 6. The number of benzene rings is 1. The Balaban J connectivity index is 1.81. The van der Waals surface area contributed by atoms with Crippen LogP contribution in [0.5, 0.6) is 0 Å². The largest absolute Gasteiger partial charge is 0.401 e. The molecule has 5 rings (SSSR count). The summed E-state index contributed by atoms with van der Waals surface area (Å²) in [5.41, 5.74) is 2.06. The summed E-state index contributed by atoms with van der Waals surface area (Å²) in [6.45, 7) is 1.91. The summed E-state index contributed by atoms with van der Waals surface area (Å²) < 4.78 is 7.56. The van der Waals surface area contributed by atoms with Crippen molar-refractivity contribution in [2.75, 3.05) is 0 Å². The smallest absolute Gasteiger partial charge is 0.347 e. The molecular weight excluding hydrogens is 458 g/mol. The van der Waals surface area contributed by atoms with E-state index in [9.17, 15) is 4.79 Å². The van der Waals surface area contributed by atoms with Gasteiger partial charge in [0.15, 0.2) is 5.82 Å². The molecule has 0 aliphatic heterocycles. The zero-order chi connectivity index (χ0) is 20.1. The van der Waals surface area contributed by atoms with Crippen molar-refractivity contribution in [3.05, 3.63) is 74.4 Å². The van der Waals surface area contributed by atoms with Gasteiger partial charge in [0.1, 0.15) is 10.3 Å². The molecule has 0 saturated heterocycles. The molecule has 0 N–H and O–H groups in total. The highest BCUT2D eigenvalue weighted by molar-refractivity contribution is 9.10. The Kier molecular flexibility index (Phi) is 4.18. The van der Waals surface area contributed by atoms with E-state index in [1.165, 1.54) is 4.68 Å². The van der Waals surface area contributed by atoms with Gasteiger partial charge in [0, 0.05) is 23.8 Å². The molecule has 0 saturated carbocycles. The zero-order valence-electron chi connectivity index (χ0n) is 14.9. The van der Waals surface area contributed by atoms with E-state index in [0.717, 1.165) is 10.9 Å². The molecule has 9 heteroatoms. The van der Waals surface area contributed by atoms with Crippen LogP contribution in [0.2, 0.25) is 5.02 Å². The van der Waals surface area contributed by atoms with Crippen molar-refractivity contribution >= 4 is 49.3 Å². The molecule has 29 heavy (non-hydrogen) atoms. The van der Waals surface area contributed by atoms with E-state index < -0.39 is 5.63 Å². The van der Waals surface area contributed by atoms with Crippen LogP contribution in [0, 0.1) is 6.92 Å². The molecule has 5 aromatic rings. The van der Waals surface area contributed by atoms with Crippen molar-refractivity contribution in [1.29, 1.82) is 0 Å². The van der Waals surface area contributed by atoms with E-state index in [4.69, 9.17) is 16.0 Å². The van der Waals surface area contributed by atoms with Crippen LogP contribution in [0.25, 0.3) is 39.2 Å². The van der Waals surface area contributed by atoms with Crippen LogP contribution in [0.3, 0.4) is 0 Å². The van der Waals surface area contributed by atoms with E-state index >= 15 is 0 Å². The summed E-state index contributed by atoms with van der Waals surface area (Å²) in [5.74, 6) is 0.521. The van der Waals surface area contributed by atoms with Gasteiger partial charge in [0.2, 0.25) is 5.89 Å². The number of aromatic nitrogens is 5. The summed E-state index contributed by atoms with van der Waals surface area (Å²) in [7, 11) is 0. The van der Waals surface area contributed by atoms with Crippen molar-refractivity contribution in [3.63, 3.8) is 0 Å². The molecule has 7 nitrogen and oxygen atoms in total. The number of rotatable bonds is 2. The maximum atomic E-state index is 12.8. The highest BCUT2D eigenvalue weighted by Gasteiger charge is 2.20. The monoisotopic (exact) mass is 467 g/mol. The van der Waals surface area contributed by atoms with Gasteiger partial charge < -0.3 is 4.42 Å². The predicted molar refractivity (Wildman–Crippen MR) is 113 cm³/mol. The molecule has 0 amide bonds. The van der Waals surface area contributed by atoms with E-state index in [1.54, 1.807) is 36.7 Å².